The molecule has 21 heavy (non-hydrogen) atoms. The number of aliphatic hydroxyl groups is 1. The summed E-state index contributed by atoms with van der Waals surface area (Å²) in [5.41, 5.74) is 1.77. The smallest absolute Gasteiger partial charge is 0.0944 e. The molecule has 1 aromatic heterocycles. The van der Waals surface area contributed by atoms with Crippen molar-refractivity contribution in [2.24, 2.45) is 5.92 Å². The van der Waals surface area contributed by atoms with Crippen LogP contribution in [0.15, 0.2) is 18.3 Å². The molecular weight excluding hydrogens is 262 g/mol. The molecule has 2 fully saturated rings. The van der Waals surface area contributed by atoms with Gasteiger partial charge in [-0.15, -0.1) is 0 Å². The Kier molecular flexibility index (Phi) is 5.22. The van der Waals surface area contributed by atoms with E-state index in [1.807, 2.05) is 27.0 Å². The fraction of sp³-hybridized carbons (Fsp3) is 0.706. The van der Waals surface area contributed by atoms with Crippen LogP contribution in [0.5, 0.6) is 0 Å². The summed E-state index contributed by atoms with van der Waals surface area (Å²) < 4.78 is 0. The normalized spacial score (nSPS) is 24.8. The fourth-order valence-electron chi connectivity index (χ4n) is 3.44. The number of pyridine rings is 1. The molecular formula is C17H29N3O. The number of aryl methyl sites for hydroxylation is 1. The van der Waals surface area contributed by atoms with E-state index in [4.69, 9.17) is 0 Å². The molecule has 2 aliphatic rings. The quantitative estimate of drug-likeness (QED) is 0.907. The van der Waals surface area contributed by atoms with Crippen LogP contribution in [0.3, 0.4) is 0 Å². The van der Waals surface area contributed by atoms with Gasteiger partial charge in [0.25, 0.3) is 0 Å². The Hall–Kier alpha value is -1.13. The monoisotopic (exact) mass is 291 g/mol. The number of anilines is 1. The number of nitrogens with zero attached hydrogens (tertiary/aromatic N) is 3. The van der Waals surface area contributed by atoms with Crippen molar-refractivity contribution in [2.75, 3.05) is 38.1 Å². The Morgan fingerprint density at radius 2 is 2.00 bits per heavy atom. The maximum Gasteiger partial charge on any atom is 0.0944 e. The summed E-state index contributed by atoms with van der Waals surface area (Å²) in [6.07, 6.45) is 4.25. The van der Waals surface area contributed by atoms with E-state index in [9.17, 15) is 5.11 Å². The lowest BCUT2D eigenvalue weighted by Gasteiger charge is -2.52. The molecule has 0 amide bonds. The Morgan fingerprint density at radius 1 is 1.29 bits per heavy atom. The van der Waals surface area contributed by atoms with Crippen molar-refractivity contribution >= 4 is 5.69 Å². The number of β-amino-alcohol motifs (C(OH)–C–C–N with tert-alkyl or cyclic N) is 1. The lowest BCUT2D eigenvalue weighted by Crippen LogP contribution is -2.66. The van der Waals surface area contributed by atoms with Gasteiger partial charge in [-0.3, -0.25) is 4.98 Å². The minimum Gasteiger partial charge on any atom is -0.387 e. The zero-order chi connectivity index (χ0) is 15.5. The van der Waals surface area contributed by atoms with Crippen LogP contribution in [-0.2, 0) is 0 Å². The van der Waals surface area contributed by atoms with Gasteiger partial charge in [-0.25, -0.2) is 0 Å². The minimum atomic E-state index is -0.467. The first-order valence-corrected chi connectivity index (χ1v) is 8.15. The molecule has 3 heterocycles. The lowest BCUT2D eigenvalue weighted by molar-refractivity contribution is -0.128. The molecule has 1 N–H and O–H groups in total. The fourth-order valence-corrected chi connectivity index (χ4v) is 3.44. The summed E-state index contributed by atoms with van der Waals surface area (Å²) in [5.74, 6) is 0.388. The van der Waals surface area contributed by atoms with Crippen LogP contribution in [0.4, 0.5) is 5.69 Å². The Morgan fingerprint density at radius 3 is 2.57 bits per heavy atom. The zero-order valence-electron chi connectivity index (χ0n) is 13.8. The molecule has 3 rings (SSSR count). The summed E-state index contributed by atoms with van der Waals surface area (Å²) in [7, 11) is 2.07. The first-order valence-electron chi connectivity index (χ1n) is 8.15. The second-order valence-corrected chi connectivity index (χ2v) is 6.22. The summed E-state index contributed by atoms with van der Waals surface area (Å²) in [4.78, 5) is 8.93. The summed E-state index contributed by atoms with van der Waals surface area (Å²) in [6, 6.07) is 4.20. The Balaban J connectivity index is 0.000000774. The van der Waals surface area contributed by atoms with Crippen LogP contribution in [0.2, 0.25) is 0 Å². The highest BCUT2D eigenvalue weighted by atomic mass is 16.3. The maximum atomic E-state index is 10.6. The van der Waals surface area contributed by atoms with Crippen LogP contribution in [-0.4, -0.2) is 53.8 Å². The van der Waals surface area contributed by atoms with Crippen LogP contribution in [0.25, 0.3) is 0 Å². The highest BCUT2D eigenvalue weighted by molar-refractivity contribution is 5.45. The molecule has 118 valence electrons. The number of piperidine rings is 1. The summed E-state index contributed by atoms with van der Waals surface area (Å²) >= 11 is 0. The van der Waals surface area contributed by atoms with E-state index >= 15 is 0 Å². The summed E-state index contributed by atoms with van der Waals surface area (Å²) in [5, 5.41) is 10.6. The van der Waals surface area contributed by atoms with Gasteiger partial charge in [-0.2, -0.15) is 0 Å². The van der Waals surface area contributed by atoms with Gasteiger partial charge in [-0.05, 0) is 38.9 Å². The van der Waals surface area contributed by atoms with E-state index < -0.39 is 5.60 Å². The molecule has 2 aliphatic heterocycles. The van der Waals surface area contributed by atoms with Crippen LogP contribution < -0.4 is 4.90 Å². The van der Waals surface area contributed by atoms with E-state index in [1.165, 1.54) is 5.69 Å². The van der Waals surface area contributed by atoms with Gasteiger partial charge in [0, 0.05) is 37.8 Å². The second kappa shape index (κ2) is 6.75. The van der Waals surface area contributed by atoms with Gasteiger partial charge in [0.1, 0.15) is 0 Å². The topological polar surface area (TPSA) is 39.6 Å². The van der Waals surface area contributed by atoms with E-state index in [-0.39, 0.29) is 0 Å². The molecule has 0 radical (unpaired) electrons. The first kappa shape index (κ1) is 16.2. The standard InChI is InChI=1S/C15H23N3O.C2H6/c1-12-5-6-14(8-16-12)18-7-3-4-13(9-18)15(19)10-17(2)11-15;1-2/h5-6,8,13,19H,3-4,7,9-11H2,1-2H3;1-2H3. The van der Waals surface area contributed by atoms with Crippen LogP contribution >= 0.6 is 0 Å². The number of likely N-dealkylation sites (tertiary alicyclic amines) is 1. The molecule has 0 bridgehead atoms. The number of rotatable bonds is 2. The zero-order valence-corrected chi connectivity index (χ0v) is 13.8. The number of aromatic nitrogens is 1. The Labute approximate surface area is 128 Å². The average molecular weight is 291 g/mol. The van der Waals surface area contributed by atoms with Crippen molar-refractivity contribution in [3.63, 3.8) is 0 Å². The molecule has 1 aromatic rings. The maximum absolute atomic E-state index is 10.6. The number of hydrogen-bond donors (Lipinski definition) is 1. The van der Waals surface area contributed by atoms with E-state index in [2.05, 4.69) is 34.0 Å². The van der Waals surface area contributed by atoms with Crippen molar-refractivity contribution < 1.29 is 5.11 Å². The minimum absolute atomic E-state index is 0.388. The lowest BCUT2D eigenvalue weighted by atomic mass is 9.76. The molecule has 0 aromatic carbocycles. The van der Waals surface area contributed by atoms with Crippen molar-refractivity contribution in [1.82, 2.24) is 9.88 Å². The molecule has 1 atom stereocenters. The average Bonchev–Trinajstić information content (AvgIpc) is 2.49. The highest BCUT2D eigenvalue weighted by Crippen LogP contribution is 2.35. The van der Waals surface area contributed by atoms with Crippen molar-refractivity contribution in [1.29, 1.82) is 0 Å². The first-order chi connectivity index (χ1) is 10.1. The molecule has 0 saturated carbocycles. The van der Waals surface area contributed by atoms with Crippen molar-refractivity contribution in [3.8, 4) is 0 Å². The SMILES string of the molecule is CC.Cc1ccc(N2CCCC(C3(O)CN(C)C3)C2)cn1. The third kappa shape index (κ3) is 3.55. The predicted molar refractivity (Wildman–Crippen MR) is 87.7 cm³/mol. The second-order valence-electron chi connectivity index (χ2n) is 6.22. The van der Waals surface area contributed by atoms with Gasteiger partial charge in [0.05, 0.1) is 17.5 Å². The summed E-state index contributed by atoms with van der Waals surface area (Å²) in [6.45, 7) is 9.67. The van der Waals surface area contributed by atoms with Gasteiger partial charge < -0.3 is 14.9 Å². The van der Waals surface area contributed by atoms with E-state index in [0.29, 0.717) is 5.92 Å². The molecule has 0 aliphatic carbocycles. The van der Waals surface area contributed by atoms with Gasteiger partial charge in [0.2, 0.25) is 0 Å². The molecule has 1 unspecified atom stereocenters. The number of likely N-dealkylation sites (N-methyl/N-ethyl adjacent to an activating group) is 1. The molecule has 4 heteroatoms. The largest absolute Gasteiger partial charge is 0.387 e. The molecule has 2 saturated heterocycles. The molecule has 0 spiro atoms. The van der Waals surface area contributed by atoms with E-state index in [1.54, 1.807) is 0 Å². The van der Waals surface area contributed by atoms with Crippen molar-refractivity contribution in [2.45, 2.75) is 39.2 Å². The number of hydrogen-bond acceptors (Lipinski definition) is 4. The van der Waals surface area contributed by atoms with E-state index in [0.717, 1.165) is 44.7 Å². The van der Waals surface area contributed by atoms with Crippen molar-refractivity contribution in [3.05, 3.63) is 24.0 Å². The predicted octanol–water partition coefficient (Wildman–Crippen LogP) is 2.31. The molecule has 4 nitrogen and oxygen atoms in total. The Bertz CT molecular complexity index is 440. The van der Waals surface area contributed by atoms with Gasteiger partial charge in [0.15, 0.2) is 0 Å². The van der Waals surface area contributed by atoms with Crippen LogP contribution in [0, 0.1) is 12.8 Å². The highest BCUT2D eigenvalue weighted by Gasteiger charge is 2.46. The van der Waals surface area contributed by atoms with Gasteiger partial charge >= 0.3 is 0 Å². The third-order valence-corrected chi connectivity index (χ3v) is 4.53. The van der Waals surface area contributed by atoms with Crippen LogP contribution in [0.1, 0.15) is 32.4 Å². The third-order valence-electron chi connectivity index (χ3n) is 4.53. The van der Waals surface area contributed by atoms with Gasteiger partial charge in [-0.1, -0.05) is 13.8 Å².